The third kappa shape index (κ3) is 4.89. The molecule has 0 unspecified atom stereocenters. The lowest BCUT2D eigenvalue weighted by atomic mass is 10.2. The van der Waals surface area contributed by atoms with Crippen LogP contribution in [0.4, 0.5) is 0 Å². The summed E-state index contributed by atoms with van der Waals surface area (Å²) in [6.07, 6.45) is 5.84. The maximum absolute atomic E-state index is 13.8. The van der Waals surface area contributed by atoms with Crippen molar-refractivity contribution in [3.63, 3.8) is 0 Å². The molecule has 5 rings (SSSR count). The summed E-state index contributed by atoms with van der Waals surface area (Å²) in [5, 5.41) is 12.2. The van der Waals surface area contributed by atoms with E-state index in [2.05, 4.69) is 25.3 Å². The molecule has 0 aliphatic heterocycles. The summed E-state index contributed by atoms with van der Waals surface area (Å²) >= 11 is 0. The van der Waals surface area contributed by atoms with Crippen LogP contribution in [0.2, 0.25) is 0 Å². The molecule has 1 aromatic carbocycles. The minimum absolute atomic E-state index is 0.166. The molecule has 12 nitrogen and oxygen atoms in total. The number of hydrogen-bond acceptors (Lipinski definition) is 10. The normalized spacial score (nSPS) is 13.3. The average molecular weight is 564 g/mol. The Bertz CT molecular complexity index is 1730. The number of para-hydroxylation sites is 1. The Hall–Kier alpha value is -4.36. The molecule has 13 heteroatoms. The van der Waals surface area contributed by atoms with Gasteiger partial charge in [0.1, 0.15) is 29.0 Å². The number of nitrogens with zero attached hydrogens (tertiary/aromatic N) is 7. The van der Waals surface area contributed by atoms with Crippen molar-refractivity contribution in [2.24, 2.45) is 0 Å². The molecule has 5 aromatic rings. The van der Waals surface area contributed by atoms with Gasteiger partial charge in [-0.05, 0) is 43.7 Å². The summed E-state index contributed by atoms with van der Waals surface area (Å²) in [7, 11) is 0.612. The van der Waals surface area contributed by atoms with E-state index in [0.717, 1.165) is 11.1 Å². The Morgan fingerprint density at radius 3 is 2.27 bits per heavy atom. The van der Waals surface area contributed by atoms with Crippen LogP contribution in [-0.4, -0.2) is 69.3 Å². The van der Waals surface area contributed by atoms with Crippen LogP contribution in [0.5, 0.6) is 11.5 Å². The van der Waals surface area contributed by atoms with E-state index in [1.165, 1.54) is 21.3 Å². The zero-order valence-electron chi connectivity index (χ0n) is 22.7. The molecule has 0 aliphatic carbocycles. The van der Waals surface area contributed by atoms with Gasteiger partial charge >= 0.3 is 0 Å². The molecule has 0 saturated heterocycles. The minimum Gasteiger partial charge on any atom is -0.494 e. The van der Waals surface area contributed by atoms with Gasteiger partial charge in [0.15, 0.2) is 27.3 Å². The smallest absolute Gasteiger partial charge is 0.172 e. The van der Waals surface area contributed by atoms with Gasteiger partial charge in [0.25, 0.3) is 0 Å². The first kappa shape index (κ1) is 27.2. The Labute approximate surface area is 231 Å². The minimum atomic E-state index is -3.88. The molecule has 0 amide bonds. The SMILES string of the molecule is COc1cccc(OC)c1-n1c(CS(=O)(=O)[C@@H](C)[C@H](OC)c2ncc(C)cn2)nnc1-c1cnn2ccccc12. The molecule has 0 bridgehead atoms. The Morgan fingerprint density at radius 2 is 1.62 bits per heavy atom. The summed E-state index contributed by atoms with van der Waals surface area (Å²) in [5.41, 5.74) is 2.74. The first-order chi connectivity index (χ1) is 19.3. The maximum atomic E-state index is 13.8. The topological polar surface area (TPSA) is 136 Å². The molecule has 0 fully saturated rings. The second kappa shape index (κ2) is 11.0. The zero-order chi connectivity index (χ0) is 28.4. The van der Waals surface area contributed by atoms with Gasteiger partial charge in [-0.2, -0.15) is 5.10 Å². The van der Waals surface area contributed by atoms with Crippen molar-refractivity contribution in [1.29, 1.82) is 0 Å². The molecule has 40 heavy (non-hydrogen) atoms. The Morgan fingerprint density at radius 1 is 0.925 bits per heavy atom. The van der Waals surface area contributed by atoms with Crippen LogP contribution < -0.4 is 9.47 Å². The fraction of sp³-hybridized carbons (Fsp3) is 0.296. The van der Waals surface area contributed by atoms with E-state index in [9.17, 15) is 8.42 Å². The molecule has 0 saturated carbocycles. The van der Waals surface area contributed by atoms with E-state index in [0.29, 0.717) is 28.6 Å². The largest absolute Gasteiger partial charge is 0.494 e. The van der Waals surface area contributed by atoms with Crippen molar-refractivity contribution in [1.82, 2.24) is 34.3 Å². The zero-order valence-corrected chi connectivity index (χ0v) is 23.5. The Balaban J connectivity index is 1.65. The predicted octanol–water partition coefficient (Wildman–Crippen LogP) is 3.39. The molecule has 0 aliphatic rings. The molecule has 0 N–H and O–H groups in total. The van der Waals surface area contributed by atoms with Gasteiger partial charge in [-0.15, -0.1) is 10.2 Å². The molecular formula is C27H29N7O5S. The quantitative estimate of drug-likeness (QED) is 0.249. The summed E-state index contributed by atoms with van der Waals surface area (Å²) < 4.78 is 47.9. The van der Waals surface area contributed by atoms with E-state index in [-0.39, 0.29) is 11.6 Å². The predicted molar refractivity (Wildman–Crippen MR) is 147 cm³/mol. The van der Waals surface area contributed by atoms with E-state index in [1.54, 1.807) is 52.8 Å². The van der Waals surface area contributed by atoms with Gasteiger partial charge in [0.2, 0.25) is 0 Å². The van der Waals surface area contributed by atoms with Crippen LogP contribution in [-0.2, 0) is 20.3 Å². The van der Waals surface area contributed by atoms with Crippen LogP contribution in [0, 0.1) is 6.92 Å². The highest BCUT2D eigenvalue weighted by Crippen LogP contribution is 2.38. The highest BCUT2D eigenvalue weighted by atomic mass is 32.2. The number of sulfone groups is 1. The van der Waals surface area contributed by atoms with Crippen LogP contribution in [0.1, 0.15) is 30.2 Å². The summed E-state index contributed by atoms with van der Waals surface area (Å²) in [6, 6.07) is 10.9. The second-order valence-electron chi connectivity index (χ2n) is 9.16. The number of hydrogen-bond donors (Lipinski definition) is 0. The molecule has 0 radical (unpaired) electrons. The second-order valence-corrected chi connectivity index (χ2v) is 11.5. The number of aryl methyl sites for hydroxylation is 1. The van der Waals surface area contributed by atoms with Crippen LogP contribution in [0.3, 0.4) is 0 Å². The summed E-state index contributed by atoms with van der Waals surface area (Å²) in [6.45, 7) is 3.43. The van der Waals surface area contributed by atoms with Gasteiger partial charge in [-0.1, -0.05) is 12.1 Å². The fourth-order valence-electron chi connectivity index (χ4n) is 4.53. The number of fused-ring (bicyclic) bond motifs is 1. The number of methoxy groups -OCH3 is 3. The van der Waals surface area contributed by atoms with Gasteiger partial charge in [0.05, 0.1) is 36.7 Å². The number of ether oxygens (including phenoxy) is 3. The lowest BCUT2D eigenvalue weighted by molar-refractivity contribution is 0.0947. The number of benzene rings is 1. The van der Waals surface area contributed by atoms with Crippen molar-refractivity contribution >= 4 is 15.4 Å². The van der Waals surface area contributed by atoms with Crippen LogP contribution >= 0.6 is 0 Å². The fourth-order valence-corrected chi connectivity index (χ4v) is 5.95. The van der Waals surface area contributed by atoms with E-state index in [4.69, 9.17) is 14.2 Å². The van der Waals surface area contributed by atoms with Gasteiger partial charge in [-0.25, -0.2) is 22.9 Å². The molecule has 0 spiro atoms. The molecule has 4 aromatic heterocycles. The molecule has 2 atom stereocenters. The van der Waals surface area contributed by atoms with E-state index >= 15 is 0 Å². The molecular weight excluding hydrogens is 534 g/mol. The van der Waals surface area contributed by atoms with Crippen LogP contribution in [0.25, 0.3) is 22.6 Å². The van der Waals surface area contributed by atoms with Crippen molar-refractivity contribution in [3.05, 3.63) is 78.4 Å². The van der Waals surface area contributed by atoms with Crippen molar-refractivity contribution < 1.29 is 22.6 Å². The number of pyridine rings is 1. The average Bonchev–Trinajstić information content (AvgIpc) is 3.57. The van der Waals surface area contributed by atoms with Crippen LogP contribution in [0.15, 0.2) is 61.2 Å². The molecule has 4 heterocycles. The van der Waals surface area contributed by atoms with Gasteiger partial charge in [0, 0.05) is 25.7 Å². The van der Waals surface area contributed by atoms with Crippen molar-refractivity contribution in [3.8, 4) is 28.6 Å². The first-order valence-corrected chi connectivity index (χ1v) is 14.1. The maximum Gasteiger partial charge on any atom is 0.172 e. The highest BCUT2D eigenvalue weighted by Gasteiger charge is 2.35. The number of aromatic nitrogens is 7. The molecule has 208 valence electrons. The standard InChI is InChI=1S/C27H29N7O5S/c1-17-13-28-26(29-14-17)25(39-5)18(2)40(35,36)16-23-31-32-27(19-15-30-33-12-7-6-9-20(19)33)34(23)24-21(37-3)10-8-11-22(24)38-4/h6-15,18,25H,16H2,1-5H3/t18-,25-/m0/s1. The summed E-state index contributed by atoms with van der Waals surface area (Å²) in [5.74, 6) is 1.28. The summed E-state index contributed by atoms with van der Waals surface area (Å²) in [4.78, 5) is 8.58. The van der Waals surface area contributed by atoms with E-state index in [1.807, 2.05) is 31.3 Å². The highest BCUT2D eigenvalue weighted by molar-refractivity contribution is 7.91. The van der Waals surface area contributed by atoms with Crippen molar-refractivity contribution in [2.45, 2.75) is 31.0 Å². The van der Waals surface area contributed by atoms with E-state index < -0.39 is 26.9 Å². The first-order valence-electron chi connectivity index (χ1n) is 12.4. The number of rotatable bonds is 10. The Kier molecular flexibility index (Phi) is 7.50. The monoisotopic (exact) mass is 563 g/mol. The lowest BCUT2D eigenvalue weighted by Gasteiger charge is -2.22. The van der Waals surface area contributed by atoms with Crippen molar-refractivity contribution in [2.75, 3.05) is 21.3 Å². The van der Waals surface area contributed by atoms with Gasteiger partial charge in [-0.3, -0.25) is 4.57 Å². The third-order valence-electron chi connectivity index (χ3n) is 6.66. The third-order valence-corrected chi connectivity index (χ3v) is 8.70. The lowest BCUT2D eigenvalue weighted by Crippen LogP contribution is -2.30. The van der Waals surface area contributed by atoms with Gasteiger partial charge < -0.3 is 14.2 Å².